The third-order valence-electron chi connectivity index (χ3n) is 9.03. The van der Waals surface area contributed by atoms with Crippen molar-refractivity contribution in [1.82, 2.24) is 10.2 Å². The Morgan fingerprint density at radius 3 is 2.28 bits per heavy atom. The fourth-order valence-corrected chi connectivity index (χ4v) is 6.44. The standard InChI is InChI=1S/C35H42N2O6/c1-24-32(22-37-17-15-35(16-18-37)40-19-20-41-35)42-34(43-33(24)28-9-7-26(23-38)8-10-28)29-13-11-27(12-14-29)31-6-4-3-5-30(31)21-36-25(2)39/h3-14,24,32-34,38H,15-23H2,1-2H3,(H,36,39)/t24-,32+,33+,34+/m0/s1. The van der Waals surface area contributed by atoms with Crippen LogP contribution in [0.3, 0.4) is 0 Å². The number of carbonyl (C=O) groups excluding carboxylic acids is 1. The fourth-order valence-electron chi connectivity index (χ4n) is 6.44. The van der Waals surface area contributed by atoms with Gasteiger partial charge in [0.1, 0.15) is 0 Å². The van der Waals surface area contributed by atoms with E-state index in [0.29, 0.717) is 19.8 Å². The van der Waals surface area contributed by atoms with E-state index in [4.69, 9.17) is 18.9 Å². The highest BCUT2D eigenvalue weighted by Gasteiger charge is 2.43. The number of nitrogens with one attached hydrogen (secondary N) is 1. The predicted molar refractivity (Wildman–Crippen MR) is 163 cm³/mol. The van der Waals surface area contributed by atoms with Crippen LogP contribution in [-0.2, 0) is 36.9 Å². The van der Waals surface area contributed by atoms with Gasteiger partial charge in [-0.25, -0.2) is 0 Å². The third-order valence-corrected chi connectivity index (χ3v) is 9.03. The number of nitrogens with zero attached hydrogens (tertiary/aromatic N) is 1. The second kappa shape index (κ2) is 13.3. The summed E-state index contributed by atoms with van der Waals surface area (Å²) >= 11 is 0. The Kier molecular flexibility index (Phi) is 9.23. The maximum Gasteiger partial charge on any atom is 0.217 e. The first-order chi connectivity index (χ1) is 20.9. The number of hydrogen-bond donors (Lipinski definition) is 2. The molecule has 3 saturated heterocycles. The van der Waals surface area contributed by atoms with Crippen molar-refractivity contribution in [1.29, 1.82) is 0 Å². The molecule has 1 spiro atoms. The summed E-state index contributed by atoms with van der Waals surface area (Å²) in [5.41, 5.74) is 6.14. The van der Waals surface area contributed by atoms with Crippen LogP contribution in [0.25, 0.3) is 11.1 Å². The lowest BCUT2D eigenvalue weighted by Crippen LogP contribution is -2.50. The van der Waals surface area contributed by atoms with Crippen molar-refractivity contribution >= 4 is 5.91 Å². The Hall–Kier alpha value is -3.11. The molecule has 3 aliphatic rings. The lowest BCUT2D eigenvalue weighted by Gasteiger charge is -2.44. The van der Waals surface area contributed by atoms with E-state index in [9.17, 15) is 9.90 Å². The first-order valence-electron chi connectivity index (χ1n) is 15.4. The fraction of sp³-hybridized carbons (Fsp3) is 0.457. The molecule has 0 bridgehead atoms. The Morgan fingerprint density at radius 2 is 1.60 bits per heavy atom. The van der Waals surface area contributed by atoms with Gasteiger partial charge in [-0.1, -0.05) is 79.7 Å². The van der Waals surface area contributed by atoms with E-state index in [0.717, 1.165) is 65.9 Å². The molecule has 43 heavy (non-hydrogen) atoms. The van der Waals surface area contributed by atoms with Gasteiger partial charge in [0.15, 0.2) is 12.1 Å². The number of rotatable bonds is 8. The van der Waals surface area contributed by atoms with Crippen LogP contribution in [0.15, 0.2) is 72.8 Å². The van der Waals surface area contributed by atoms with Gasteiger partial charge in [-0.05, 0) is 27.8 Å². The topological polar surface area (TPSA) is 89.5 Å². The van der Waals surface area contributed by atoms with E-state index in [-0.39, 0.29) is 30.6 Å². The van der Waals surface area contributed by atoms with Gasteiger partial charge in [-0.2, -0.15) is 0 Å². The molecule has 3 aromatic carbocycles. The number of aliphatic hydroxyl groups excluding tert-OH is 1. The molecule has 228 valence electrons. The normalized spacial score (nSPS) is 25.6. The van der Waals surface area contributed by atoms with Gasteiger partial charge in [-0.3, -0.25) is 4.79 Å². The summed E-state index contributed by atoms with van der Waals surface area (Å²) in [5, 5.41) is 12.5. The summed E-state index contributed by atoms with van der Waals surface area (Å²) in [6.07, 6.45) is 1.01. The minimum atomic E-state index is -0.523. The van der Waals surface area contributed by atoms with Crippen molar-refractivity contribution < 1.29 is 28.8 Å². The Bertz CT molecular complexity index is 1360. The van der Waals surface area contributed by atoms with Crippen LogP contribution in [0, 0.1) is 5.92 Å². The van der Waals surface area contributed by atoms with Crippen molar-refractivity contribution in [3.8, 4) is 11.1 Å². The average Bonchev–Trinajstić information content (AvgIpc) is 3.50. The van der Waals surface area contributed by atoms with E-state index in [2.05, 4.69) is 59.6 Å². The molecule has 6 rings (SSSR count). The van der Waals surface area contributed by atoms with Gasteiger partial charge in [0.25, 0.3) is 0 Å². The number of aliphatic hydroxyl groups is 1. The van der Waals surface area contributed by atoms with E-state index < -0.39 is 12.1 Å². The maximum atomic E-state index is 11.5. The minimum Gasteiger partial charge on any atom is -0.392 e. The highest BCUT2D eigenvalue weighted by atomic mass is 16.7. The Labute approximate surface area is 253 Å². The van der Waals surface area contributed by atoms with Gasteiger partial charge in [0.05, 0.1) is 32.0 Å². The Balaban J connectivity index is 1.22. The molecular formula is C35H42N2O6. The van der Waals surface area contributed by atoms with Crippen LogP contribution in [0.4, 0.5) is 0 Å². The predicted octanol–water partition coefficient (Wildman–Crippen LogP) is 5.11. The van der Waals surface area contributed by atoms with Crippen molar-refractivity contribution in [2.24, 2.45) is 5.92 Å². The van der Waals surface area contributed by atoms with Crippen LogP contribution in [0.2, 0.25) is 0 Å². The molecule has 0 aromatic heterocycles. The summed E-state index contributed by atoms with van der Waals surface area (Å²) in [4.78, 5) is 14.0. The van der Waals surface area contributed by atoms with Crippen molar-refractivity contribution in [2.45, 2.75) is 64.1 Å². The third kappa shape index (κ3) is 6.85. The molecule has 0 unspecified atom stereocenters. The smallest absolute Gasteiger partial charge is 0.217 e. The van der Waals surface area contributed by atoms with Crippen molar-refractivity contribution in [2.75, 3.05) is 32.8 Å². The van der Waals surface area contributed by atoms with Gasteiger partial charge < -0.3 is 34.3 Å². The molecule has 3 aromatic rings. The summed E-state index contributed by atoms with van der Waals surface area (Å²) in [7, 11) is 0. The monoisotopic (exact) mass is 586 g/mol. The first kappa shape index (κ1) is 29.9. The summed E-state index contributed by atoms with van der Waals surface area (Å²) < 4.78 is 25.3. The second-order valence-corrected chi connectivity index (χ2v) is 11.9. The van der Waals surface area contributed by atoms with Crippen LogP contribution in [0.1, 0.15) is 61.3 Å². The van der Waals surface area contributed by atoms with E-state index in [1.807, 2.05) is 30.3 Å². The number of benzene rings is 3. The number of carbonyl (C=O) groups is 1. The van der Waals surface area contributed by atoms with Gasteiger partial charge in [0, 0.05) is 57.4 Å². The quantitative estimate of drug-likeness (QED) is 0.379. The number of amides is 1. The largest absolute Gasteiger partial charge is 0.392 e. The molecule has 0 radical (unpaired) electrons. The van der Waals surface area contributed by atoms with Crippen LogP contribution in [-0.4, -0.2) is 60.7 Å². The highest BCUT2D eigenvalue weighted by molar-refractivity contribution is 5.74. The summed E-state index contributed by atoms with van der Waals surface area (Å²) in [6, 6.07) is 24.5. The zero-order valence-corrected chi connectivity index (χ0v) is 25.0. The molecule has 8 heteroatoms. The van der Waals surface area contributed by atoms with Crippen molar-refractivity contribution in [3.63, 3.8) is 0 Å². The van der Waals surface area contributed by atoms with Crippen LogP contribution >= 0.6 is 0 Å². The zero-order valence-electron chi connectivity index (χ0n) is 25.0. The summed E-state index contributed by atoms with van der Waals surface area (Å²) in [5.74, 6) is -0.336. The number of hydrogen-bond acceptors (Lipinski definition) is 7. The molecule has 3 heterocycles. The second-order valence-electron chi connectivity index (χ2n) is 11.9. The van der Waals surface area contributed by atoms with Crippen LogP contribution < -0.4 is 5.32 Å². The first-order valence-corrected chi connectivity index (χ1v) is 15.4. The molecule has 2 N–H and O–H groups in total. The molecule has 0 aliphatic carbocycles. The van der Waals surface area contributed by atoms with E-state index in [1.165, 1.54) is 6.92 Å². The van der Waals surface area contributed by atoms with Crippen molar-refractivity contribution in [3.05, 3.63) is 95.1 Å². The molecule has 4 atom stereocenters. The Morgan fingerprint density at radius 1 is 0.930 bits per heavy atom. The molecule has 0 saturated carbocycles. The van der Waals surface area contributed by atoms with Gasteiger partial charge in [0.2, 0.25) is 5.91 Å². The number of ether oxygens (including phenoxy) is 4. The lowest BCUT2D eigenvalue weighted by atomic mass is 9.89. The zero-order chi connectivity index (χ0) is 29.8. The van der Waals surface area contributed by atoms with Crippen LogP contribution in [0.5, 0.6) is 0 Å². The molecule has 8 nitrogen and oxygen atoms in total. The summed E-state index contributed by atoms with van der Waals surface area (Å²) in [6.45, 7) is 8.20. The van der Waals surface area contributed by atoms with Gasteiger partial charge in [-0.15, -0.1) is 0 Å². The molecular weight excluding hydrogens is 544 g/mol. The lowest BCUT2D eigenvalue weighted by molar-refractivity contribution is -0.278. The number of piperidine rings is 1. The molecule has 1 amide bonds. The van der Waals surface area contributed by atoms with E-state index in [1.54, 1.807) is 0 Å². The van der Waals surface area contributed by atoms with Gasteiger partial charge >= 0.3 is 0 Å². The van der Waals surface area contributed by atoms with E-state index >= 15 is 0 Å². The molecule has 3 fully saturated rings. The SMILES string of the molecule is CC(=O)NCc1ccccc1-c1ccc([C@@H]2O[C@H](CN3CCC4(CC3)OCCO4)[C@H](C)[C@H](c3ccc(CO)cc3)O2)cc1. The molecule has 3 aliphatic heterocycles. The number of likely N-dealkylation sites (tertiary alicyclic amines) is 1. The highest BCUT2D eigenvalue weighted by Crippen LogP contribution is 2.43. The maximum absolute atomic E-state index is 11.5. The minimum absolute atomic E-state index is 0.0138. The average molecular weight is 587 g/mol.